The van der Waals surface area contributed by atoms with Crippen LogP contribution in [0.4, 0.5) is 0 Å². The van der Waals surface area contributed by atoms with Gasteiger partial charge in [0.2, 0.25) is 6.41 Å². The molecule has 4 nitrogen and oxygen atoms in total. The molecule has 0 saturated heterocycles. The van der Waals surface area contributed by atoms with Crippen LogP contribution >= 0.6 is 0 Å². The minimum Gasteiger partial charge on any atom is -0.479 e. The molecule has 1 aliphatic carbocycles. The van der Waals surface area contributed by atoms with Crippen LogP contribution in [0, 0.1) is 5.92 Å². The van der Waals surface area contributed by atoms with Crippen LogP contribution in [0.15, 0.2) is 0 Å². The summed E-state index contributed by atoms with van der Waals surface area (Å²) in [4.78, 5) is 24.0. The van der Waals surface area contributed by atoms with E-state index in [1.807, 2.05) is 20.8 Å². The van der Waals surface area contributed by atoms with E-state index in [4.69, 9.17) is 0 Å². The van der Waals surface area contributed by atoms with Crippen molar-refractivity contribution in [1.82, 2.24) is 4.90 Å². The lowest BCUT2D eigenvalue weighted by molar-refractivity contribution is -0.159. The second kappa shape index (κ2) is 4.21. The Balaban J connectivity index is 3.10. The quantitative estimate of drug-likeness (QED) is 0.720. The molecule has 0 bridgehead atoms. The molecular formula is C11H19NO3. The Morgan fingerprint density at radius 3 is 2.47 bits per heavy atom. The molecule has 0 spiro atoms. The van der Waals surface area contributed by atoms with Gasteiger partial charge < -0.3 is 10.0 Å². The van der Waals surface area contributed by atoms with Crippen molar-refractivity contribution >= 4 is 12.4 Å². The Hall–Kier alpha value is -1.06. The summed E-state index contributed by atoms with van der Waals surface area (Å²) in [5, 5.41) is 9.38. The van der Waals surface area contributed by atoms with Gasteiger partial charge in [-0.3, -0.25) is 4.79 Å². The number of amides is 1. The molecule has 1 N–H and O–H groups in total. The molecule has 0 aromatic heterocycles. The number of hydrogen-bond donors (Lipinski definition) is 1. The number of hydrogen-bond acceptors (Lipinski definition) is 2. The zero-order chi connectivity index (χ0) is 11.6. The molecule has 2 unspecified atom stereocenters. The molecule has 1 saturated carbocycles. The van der Waals surface area contributed by atoms with E-state index in [0.717, 1.165) is 12.8 Å². The van der Waals surface area contributed by atoms with Gasteiger partial charge in [0.15, 0.2) is 0 Å². The zero-order valence-electron chi connectivity index (χ0n) is 9.56. The molecule has 1 rings (SSSR count). The van der Waals surface area contributed by atoms with Crippen LogP contribution < -0.4 is 0 Å². The van der Waals surface area contributed by atoms with E-state index < -0.39 is 11.5 Å². The minimum atomic E-state index is -0.976. The van der Waals surface area contributed by atoms with Gasteiger partial charge in [-0.25, -0.2) is 4.79 Å². The zero-order valence-corrected chi connectivity index (χ0v) is 9.56. The Morgan fingerprint density at radius 1 is 1.60 bits per heavy atom. The molecule has 15 heavy (non-hydrogen) atoms. The fourth-order valence-corrected chi connectivity index (χ4v) is 2.65. The predicted octanol–water partition coefficient (Wildman–Crippen LogP) is 1.50. The Labute approximate surface area is 90.3 Å². The van der Waals surface area contributed by atoms with E-state index in [1.54, 1.807) is 0 Å². The largest absolute Gasteiger partial charge is 0.479 e. The third-order valence-electron chi connectivity index (χ3n) is 3.51. The lowest BCUT2D eigenvalue weighted by atomic mass is 9.86. The standard InChI is InChI=1S/C11H19NO3/c1-8(2)12(7-13)11(10(14)15)6-4-5-9(11)3/h7-9H,4-6H2,1-3H3,(H,14,15). The second-order valence-electron chi connectivity index (χ2n) is 4.63. The first-order valence-electron chi connectivity index (χ1n) is 5.44. The smallest absolute Gasteiger partial charge is 0.329 e. The van der Waals surface area contributed by atoms with Crippen molar-refractivity contribution in [3.63, 3.8) is 0 Å². The topological polar surface area (TPSA) is 57.6 Å². The molecule has 1 amide bonds. The minimum absolute atomic E-state index is 0.0302. The third kappa shape index (κ3) is 1.73. The Morgan fingerprint density at radius 2 is 2.20 bits per heavy atom. The Kier molecular flexibility index (Phi) is 3.37. The maximum absolute atomic E-state index is 11.4. The maximum atomic E-state index is 11.4. The first kappa shape index (κ1) is 12.0. The van der Waals surface area contributed by atoms with Crippen molar-refractivity contribution < 1.29 is 14.7 Å². The van der Waals surface area contributed by atoms with Gasteiger partial charge >= 0.3 is 5.97 Å². The lowest BCUT2D eigenvalue weighted by Crippen LogP contribution is -2.58. The molecule has 0 radical (unpaired) electrons. The predicted molar refractivity (Wildman–Crippen MR) is 56.4 cm³/mol. The monoisotopic (exact) mass is 213 g/mol. The van der Waals surface area contributed by atoms with Crippen LogP contribution in [0.2, 0.25) is 0 Å². The summed E-state index contributed by atoms with van der Waals surface area (Å²) in [6.45, 7) is 5.62. The van der Waals surface area contributed by atoms with Gasteiger partial charge in [0, 0.05) is 6.04 Å². The highest BCUT2D eigenvalue weighted by atomic mass is 16.4. The van der Waals surface area contributed by atoms with Crippen LogP contribution in [0.25, 0.3) is 0 Å². The number of nitrogens with zero attached hydrogens (tertiary/aromatic N) is 1. The normalized spacial score (nSPS) is 30.5. The fourth-order valence-electron chi connectivity index (χ4n) is 2.65. The van der Waals surface area contributed by atoms with Crippen molar-refractivity contribution in [1.29, 1.82) is 0 Å². The second-order valence-corrected chi connectivity index (χ2v) is 4.63. The average Bonchev–Trinajstić information content (AvgIpc) is 2.49. The fraction of sp³-hybridized carbons (Fsp3) is 0.818. The van der Waals surface area contributed by atoms with Crippen LogP contribution in [-0.4, -0.2) is 34.0 Å². The lowest BCUT2D eigenvalue weighted by Gasteiger charge is -2.41. The molecular weight excluding hydrogens is 194 g/mol. The van der Waals surface area contributed by atoms with E-state index in [1.165, 1.54) is 4.90 Å². The SMILES string of the molecule is CC(C)N(C=O)C1(C(=O)O)CCCC1C. The molecule has 0 heterocycles. The van der Waals surface area contributed by atoms with Crippen LogP contribution in [0.1, 0.15) is 40.0 Å². The van der Waals surface area contributed by atoms with Gasteiger partial charge in [-0.2, -0.15) is 0 Å². The summed E-state index contributed by atoms with van der Waals surface area (Å²) in [7, 11) is 0. The van der Waals surface area contributed by atoms with Crippen LogP contribution in [-0.2, 0) is 9.59 Å². The number of carboxylic acid groups (broad SMARTS) is 1. The van der Waals surface area contributed by atoms with Crippen molar-refractivity contribution in [2.24, 2.45) is 5.92 Å². The van der Waals surface area contributed by atoms with Crippen molar-refractivity contribution in [3.8, 4) is 0 Å². The Bertz CT molecular complexity index is 265. The molecule has 1 fully saturated rings. The maximum Gasteiger partial charge on any atom is 0.329 e. The summed E-state index contributed by atoms with van der Waals surface area (Å²) < 4.78 is 0. The van der Waals surface area contributed by atoms with E-state index in [-0.39, 0.29) is 12.0 Å². The molecule has 2 atom stereocenters. The van der Waals surface area contributed by atoms with Crippen LogP contribution in [0.3, 0.4) is 0 Å². The van der Waals surface area contributed by atoms with Crippen molar-refractivity contribution in [2.45, 2.75) is 51.6 Å². The summed E-state index contributed by atoms with van der Waals surface area (Å²) in [6, 6.07) is -0.0702. The summed E-state index contributed by atoms with van der Waals surface area (Å²) in [6.07, 6.45) is 3.01. The van der Waals surface area contributed by atoms with Gasteiger partial charge in [0.05, 0.1) is 0 Å². The highest BCUT2D eigenvalue weighted by molar-refractivity contribution is 5.82. The first-order valence-corrected chi connectivity index (χ1v) is 5.44. The molecule has 0 aliphatic heterocycles. The number of carboxylic acids is 1. The van der Waals surface area contributed by atoms with E-state index in [9.17, 15) is 14.7 Å². The van der Waals surface area contributed by atoms with Gasteiger partial charge in [0.25, 0.3) is 0 Å². The summed E-state index contributed by atoms with van der Waals surface area (Å²) in [5.74, 6) is -0.837. The number of aliphatic carboxylic acids is 1. The number of rotatable bonds is 4. The summed E-state index contributed by atoms with van der Waals surface area (Å²) in [5.41, 5.74) is -0.976. The van der Waals surface area contributed by atoms with Gasteiger partial charge in [-0.05, 0) is 32.6 Å². The third-order valence-corrected chi connectivity index (χ3v) is 3.51. The van der Waals surface area contributed by atoms with Gasteiger partial charge in [-0.15, -0.1) is 0 Å². The molecule has 4 heteroatoms. The van der Waals surface area contributed by atoms with Crippen molar-refractivity contribution in [3.05, 3.63) is 0 Å². The number of carbonyl (C=O) groups excluding carboxylic acids is 1. The molecule has 0 aromatic rings. The van der Waals surface area contributed by atoms with E-state index >= 15 is 0 Å². The average molecular weight is 213 g/mol. The van der Waals surface area contributed by atoms with Gasteiger partial charge in [-0.1, -0.05) is 13.3 Å². The van der Waals surface area contributed by atoms with Crippen molar-refractivity contribution in [2.75, 3.05) is 0 Å². The highest BCUT2D eigenvalue weighted by Gasteiger charge is 2.52. The van der Waals surface area contributed by atoms with E-state index in [0.29, 0.717) is 12.8 Å². The molecule has 0 aromatic carbocycles. The van der Waals surface area contributed by atoms with Crippen LogP contribution in [0.5, 0.6) is 0 Å². The first-order chi connectivity index (χ1) is 6.96. The molecule has 1 aliphatic rings. The van der Waals surface area contributed by atoms with E-state index in [2.05, 4.69) is 0 Å². The molecule has 86 valence electrons. The number of carbonyl (C=O) groups is 2. The highest BCUT2D eigenvalue weighted by Crippen LogP contribution is 2.40. The summed E-state index contributed by atoms with van der Waals surface area (Å²) >= 11 is 0. The van der Waals surface area contributed by atoms with Gasteiger partial charge in [0.1, 0.15) is 5.54 Å².